The molecule has 0 atom stereocenters. The van der Waals surface area contributed by atoms with Crippen molar-refractivity contribution in [1.29, 1.82) is 0 Å². The normalized spacial score (nSPS) is 11.6. The fourth-order valence-corrected chi connectivity index (χ4v) is 1.55. The van der Waals surface area contributed by atoms with Crippen LogP contribution in [0.25, 0.3) is 0 Å². The van der Waals surface area contributed by atoms with Crippen LogP contribution in [0.2, 0.25) is 0 Å². The molecule has 0 aromatic carbocycles. The molecule has 0 bridgehead atoms. The van der Waals surface area contributed by atoms with E-state index in [1.165, 1.54) is 0 Å². The Morgan fingerprint density at radius 2 is 1.65 bits per heavy atom. The second-order valence-corrected chi connectivity index (χ2v) is 6.11. The number of hydrogen-bond donors (Lipinski definition) is 1. The molecular weight excluding hydrogens is 260 g/mol. The Bertz CT molecular complexity index is 311. The number of hydroxylamine groups is 2. The number of nitrogens with zero attached hydrogens (tertiary/aromatic N) is 2. The third-order valence-corrected chi connectivity index (χ3v) is 2.48. The lowest BCUT2D eigenvalue weighted by molar-refractivity contribution is -0.170. The number of amides is 1. The van der Waals surface area contributed by atoms with Gasteiger partial charge >= 0.3 is 5.97 Å². The first-order valence-electron chi connectivity index (χ1n) is 6.97. The third-order valence-electron chi connectivity index (χ3n) is 2.48. The maximum absolute atomic E-state index is 11.6. The van der Waals surface area contributed by atoms with Crippen molar-refractivity contribution < 1.29 is 19.5 Å². The minimum atomic E-state index is -0.548. The molecule has 0 aliphatic carbocycles. The zero-order valence-electron chi connectivity index (χ0n) is 13.3. The zero-order valence-corrected chi connectivity index (χ0v) is 13.3. The van der Waals surface area contributed by atoms with Gasteiger partial charge in [-0.2, -0.15) is 0 Å². The van der Waals surface area contributed by atoms with Crippen LogP contribution in [0.3, 0.4) is 0 Å². The van der Waals surface area contributed by atoms with Crippen LogP contribution >= 0.6 is 0 Å². The average Bonchev–Trinajstić information content (AvgIpc) is 2.28. The Morgan fingerprint density at radius 3 is 2.15 bits per heavy atom. The highest BCUT2D eigenvalue weighted by Gasteiger charge is 2.18. The van der Waals surface area contributed by atoms with Crippen molar-refractivity contribution in [3.05, 3.63) is 0 Å². The van der Waals surface area contributed by atoms with E-state index in [1.54, 1.807) is 20.8 Å². The number of unbranched alkanes of at least 4 members (excludes halogenated alkanes) is 1. The molecular formula is C14H28N2O4. The molecule has 0 aromatic heterocycles. The smallest absolute Gasteiger partial charge is 0.308 e. The largest absolute Gasteiger partial charge is 0.460 e. The molecule has 0 saturated heterocycles. The van der Waals surface area contributed by atoms with E-state index < -0.39 is 11.6 Å². The van der Waals surface area contributed by atoms with Crippen LogP contribution in [0.1, 0.15) is 46.5 Å². The van der Waals surface area contributed by atoms with Gasteiger partial charge < -0.3 is 9.64 Å². The van der Waals surface area contributed by atoms with Gasteiger partial charge in [0.2, 0.25) is 5.91 Å². The van der Waals surface area contributed by atoms with Gasteiger partial charge in [-0.25, -0.2) is 5.06 Å². The highest BCUT2D eigenvalue weighted by atomic mass is 16.6. The van der Waals surface area contributed by atoms with Crippen molar-refractivity contribution in [3.63, 3.8) is 0 Å². The predicted molar refractivity (Wildman–Crippen MR) is 76.4 cm³/mol. The zero-order chi connectivity index (χ0) is 15.8. The monoisotopic (exact) mass is 288 g/mol. The van der Waals surface area contributed by atoms with E-state index in [2.05, 4.69) is 0 Å². The molecule has 20 heavy (non-hydrogen) atoms. The second-order valence-electron chi connectivity index (χ2n) is 6.11. The first-order valence-corrected chi connectivity index (χ1v) is 6.97. The van der Waals surface area contributed by atoms with Gasteiger partial charge in [0.1, 0.15) is 5.60 Å². The number of carbonyl (C=O) groups is 2. The van der Waals surface area contributed by atoms with Crippen LogP contribution < -0.4 is 0 Å². The Labute approximate surface area is 121 Å². The number of carbonyl (C=O) groups excluding carboxylic acids is 2. The summed E-state index contributed by atoms with van der Waals surface area (Å²) in [6.07, 6.45) is 1.91. The maximum Gasteiger partial charge on any atom is 0.308 e. The molecule has 0 aromatic rings. The summed E-state index contributed by atoms with van der Waals surface area (Å²) in [5, 5.41) is 10.1. The molecule has 0 aliphatic rings. The highest BCUT2D eigenvalue weighted by molar-refractivity contribution is 5.76. The lowest BCUT2D eigenvalue weighted by atomic mass is 10.2. The number of ether oxygens (including phenoxy) is 1. The van der Waals surface area contributed by atoms with Gasteiger partial charge in [-0.15, -0.1) is 0 Å². The van der Waals surface area contributed by atoms with Gasteiger partial charge in [0.25, 0.3) is 0 Å². The molecule has 0 saturated carbocycles. The summed E-state index contributed by atoms with van der Waals surface area (Å²) in [5.41, 5.74) is -0.548. The molecule has 0 rings (SSSR count). The summed E-state index contributed by atoms with van der Waals surface area (Å²) in [7, 11) is 3.95. The van der Waals surface area contributed by atoms with Crippen LogP contribution in [0.5, 0.6) is 0 Å². The number of esters is 1. The summed E-state index contributed by atoms with van der Waals surface area (Å²) in [5.74, 6) is -0.774. The summed E-state index contributed by atoms with van der Waals surface area (Å²) in [4.78, 5) is 25.1. The topological polar surface area (TPSA) is 70.1 Å². The predicted octanol–water partition coefficient (Wildman–Crippen LogP) is 1.67. The Hall–Kier alpha value is -1.14. The van der Waals surface area contributed by atoms with Gasteiger partial charge in [-0.05, 0) is 54.3 Å². The number of hydrogen-bond acceptors (Lipinski definition) is 5. The van der Waals surface area contributed by atoms with Crippen molar-refractivity contribution in [2.45, 2.75) is 52.1 Å². The SMILES string of the molecule is CN(C)CCCCC(=O)N(O)CCC(=O)OC(C)(C)C. The van der Waals surface area contributed by atoms with Gasteiger partial charge in [-0.3, -0.25) is 14.8 Å². The molecule has 6 nitrogen and oxygen atoms in total. The van der Waals surface area contributed by atoms with E-state index >= 15 is 0 Å². The molecule has 118 valence electrons. The maximum atomic E-state index is 11.6. The quantitative estimate of drug-likeness (QED) is 0.318. The number of rotatable bonds is 8. The Balaban J connectivity index is 3.82. The molecule has 1 amide bonds. The fourth-order valence-electron chi connectivity index (χ4n) is 1.55. The van der Waals surface area contributed by atoms with Crippen molar-refractivity contribution in [2.24, 2.45) is 0 Å². The molecule has 0 aliphatic heterocycles. The summed E-state index contributed by atoms with van der Waals surface area (Å²) < 4.78 is 5.10. The summed E-state index contributed by atoms with van der Waals surface area (Å²) >= 11 is 0. The summed E-state index contributed by atoms with van der Waals surface area (Å²) in [6, 6.07) is 0. The average molecular weight is 288 g/mol. The van der Waals surface area contributed by atoms with Crippen LogP contribution in [-0.4, -0.2) is 59.8 Å². The Kier molecular flexibility index (Phi) is 8.41. The van der Waals surface area contributed by atoms with Gasteiger partial charge in [0.15, 0.2) is 0 Å². The lowest BCUT2D eigenvalue weighted by Crippen LogP contribution is -2.31. The highest BCUT2D eigenvalue weighted by Crippen LogP contribution is 2.08. The summed E-state index contributed by atoms with van der Waals surface area (Å²) in [6.45, 7) is 6.21. The molecule has 6 heteroatoms. The molecule has 0 radical (unpaired) electrons. The molecule has 1 N–H and O–H groups in total. The van der Waals surface area contributed by atoms with Crippen molar-refractivity contribution >= 4 is 11.9 Å². The molecule has 0 fully saturated rings. The second kappa shape index (κ2) is 8.92. The third kappa shape index (κ3) is 10.8. The standard InChI is InChI=1S/C14H28N2O4/c1-14(2,3)20-13(18)9-11-16(19)12(17)8-6-7-10-15(4)5/h19H,6-11H2,1-5H3. The van der Waals surface area contributed by atoms with E-state index in [0.29, 0.717) is 11.5 Å². The molecule has 0 spiro atoms. The van der Waals surface area contributed by atoms with Gasteiger partial charge in [-0.1, -0.05) is 0 Å². The molecule has 0 heterocycles. The van der Waals surface area contributed by atoms with Crippen LogP contribution in [0.15, 0.2) is 0 Å². The Morgan fingerprint density at radius 1 is 1.05 bits per heavy atom. The van der Waals surface area contributed by atoms with E-state index in [1.807, 2.05) is 19.0 Å². The van der Waals surface area contributed by atoms with Gasteiger partial charge in [0.05, 0.1) is 13.0 Å². The van der Waals surface area contributed by atoms with Crippen molar-refractivity contribution in [1.82, 2.24) is 9.96 Å². The van der Waals surface area contributed by atoms with Gasteiger partial charge in [0, 0.05) is 6.42 Å². The van der Waals surface area contributed by atoms with Crippen LogP contribution in [0, 0.1) is 0 Å². The first kappa shape index (κ1) is 18.9. The molecule has 0 unspecified atom stereocenters. The van der Waals surface area contributed by atoms with Crippen LogP contribution in [0.4, 0.5) is 0 Å². The van der Waals surface area contributed by atoms with E-state index in [0.717, 1.165) is 19.4 Å². The van der Waals surface area contributed by atoms with Crippen LogP contribution in [-0.2, 0) is 14.3 Å². The minimum Gasteiger partial charge on any atom is -0.460 e. The minimum absolute atomic E-state index is 0.00277. The van der Waals surface area contributed by atoms with Crippen molar-refractivity contribution in [2.75, 3.05) is 27.2 Å². The van der Waals surface area contributed by atoms with Crippen molar-refractivity contribution in [3.8, 4) is 0 Å². The van der Waals surface area contributed by atoms with E-state index in [-0.39, 0.29) is 18.9 Å². The fraction of sp³-hybridized carbons (Fsp3) is 0.857. The van der Waals surface area contributed by atoms with E-state index in [4.69, 9.17) is 4.74 Å². The first-order chi connectivity index (χ1) is 9.11. The van der Waals surface area contributed by atoms with E-state index in [9.17, 15) is 14.8 Å². The lowest BCUT2D eigenvalue weighted by Gasteiger charge is -2.20.